The molecule has 1 aromatic carbocycles. The largest absolute Gasteiger partial charge is 0.422 e. The molecule has 5 nitrogen and oxygen atoms in total. The molecule has 0 N–H and O–H groups in total. The van der Waals surface area contributed by atoms with Crippen molar-refractivity contribution >= 4 is 11.0 Å². The minimum absolute atomic E-state index is 0.294. The van der Waals surface area contributed by atoms with Gasteiger partial charge in [0.15, 0.2) is 0 Å². The zero-order chi connectivity index (χ0) is 18.1. The van der Waals surface area contributed by atoms with Crippen molar-refractivity contribution in [1.29, 1.82) is 0 Å². The van der Waals surface area contributed by atoms with Crippen LogP contribution in [0, 0.1) is 20.8 Å². The minimum atomic E-state index is -0.294. The van der Waals surface area contributed by atoms with Crippen molar-refractivity contribution in [2.75, 3.05) is 7.05 Å². The number of hydrogen-bond acceptors (Lipinski definition) is 4. The SMILES string of the molecule is CCn1cc(CN(C)Cc2cc(=O)oc3c(C)cc(C)cc23)c(C)n1. The lowest BCUT2D eigenvalue weighted by atomic mass is 10.0. The number of hydrogen-bond donors (Lipinski definition) is 0. The summed E-state index contributed by atoms with van der Waals surface area (Å²) in [4.78, 5) is 14.2. The van der Waals surface area contributed by atoms with Crippen LogP contribution in [0.15, 0.2) is 33.6 Å². The molecule has 0 unspecified atom stereocenters. The quantitative estimate of drug-likeness (QED) is 0.667. The third-order valence-corrected chi connectivity index (χ3v) is 4.51. The van der Waals surface area contributed by atoms with Crippen molar-refractivity contribution in [3.05, 3.63) is 62.8 Å². The lowest BCUT2D eigenvalue weighted by Gasteiger charge is -2.17. The van der Waals surface area contributed by atoms with Crippen molar-refractivity contribution in [3.63, 3.8) is 0 Å². The van der Waals surface area contributed by atoms with Gasteiger partial charge in [-0.3, -0.25) is 9.58 Å². The zero-order valence-electron chi connectivity index (χ0n) is 15.6. The average Bonchev–Trinajstić information content (AvgIpc) is 2.88. The number of rotatable bonds is 5. The average molecular weight is 339 g/mol. The van der Waals surface area contributed by atoms with Gasteiger partial charge < -0.3 is 4.42 Å². The van der Waals surface area contributed by atoms with Crippen molar-refractivity contribution < 1.29 is 4.42 Å². The van der Waals surface area contributed by atoms with Crippen LogP contribution in [0.3, 0.4) is 0 Å². The number of benzene rings is 1. The maximum Gasteiger partial charge on any atom is 0.336 e. The molecule has 0 aliphatic carbocycles. The first kappa shape index (κ1) is 17.4. The molecule has 5 heteroatoms. The van der Waals surface area contributed by atoms with E-state index in [4.69, 9.17) is 4.42 Å². The standard InChI is InChI=1S/C20H25N3O2/c1-6-23-12-17(15(4)21-23)11-22(5)10-16-9-19(24)25-20-14(3)7-13(2)8-18(16)20/h7-9,12H,6,10-11H2,1-5H3. The molecule has 25 heavy (non-hydrogen) atoms. The Balaban J connectivity index is 1.91. The Morgan fingerprint density at radius 3 is 2.52 bits per heavy atom. The molecule has 3 rings (SSSR count). The van der Waals surface area contributed by atoms with E-state index < -0.39 is 0 Å². The Morgan fingerprint density at radius 2 is 1.84 bits per heavy atom. The molecule has 132 valence electrons. The van der Waals surface area contributed by atoms with Gasteiger partial charge in [0.25, 0.3) is 0 Å². The Labute approximate surface area is 147 Å². The van der Waals surface area contributed by atoms with Gasteiger partial charge >= 0.3 is 5.63 Å². The van der Waals surface area contributed by atoms with Gasteiger partial charge in [0.2, 0.25) is 0 Å². The lowest BCUT2D eigenvalue weighted by molar-refractivity contribution is 0.318. The van der Waals surface area contributed by atoms with Gasteiger partial charge in [-0.2, -0.15) is 5.10 Å². The second-order valence-corrected chi connectivity index (χ2v) is 6.82. The maximum atomic E-state index is 12.0. The Bertz CT molecular complexity index is 969. The summed E-state index contributed by atoms with van der Waals surface area (Å²) >= 11 is 0. The summed E-state index contributed by atoms with van der Waals surface area (Å²) in [6.07, 6.45) is 2.09. The third-order valence-electron chi connectivity index (χ3n) is 4.51. The molecule has 2 heterocycles. The Morgan fingerprint density at radius 1 is 1.12 bits per heavy atom. The molecule has 0 saturated heterocycles. The number of nitrogens with zero attached hydrogens (tertiary/aromatic N) is 3. The van der Waals surface area contributed by atoms with Crippen LogP contribution in [0.2, 0.25) is 0 Å². The summed E-state index contributed by atoms with van der Waals surface area (Å²) in [7, 11) is 2.06. The molecular formula is C20H25N3O2. The highest BCUT2D eigenvalue weighted by Crippen LogP contribution is 2.24. The van der Waals surface area contributed by atoms with E-state index in [2.05, 4.69) is 43.2 Å². The van der Waals surface area contributed by atoms with Gasteiger partial charge in [0.05, 0.1) is 5.69 Å². The van der Waals surface area contributed by atoms with Crippen LogP contribution in [0.25, 0.3) is 11.0 Å². The molecule has 0 bridgehead atoms. The van der Waals surface area contributed by atoms with E-state index >= 15 is 0 Å². The van der Waals surface area contributed by atoms with E-state index in [0.717, 1.165) is 35.3 Å². The molecule has 0 amide bonds. The monoisotopic (exact) mass is 339 g/mol. The van der Waals surface area contributed by atoms with Crippen molar-refractivity contribution in [1.82, 2.24) is 14.7 Å². The fourth-order valence-electron chi connectivity index (χ4n) is 3.32. The number of aromatic nitrogens is 2. The topological polar surface area (TPSA) is 51.3 Å². The molecule has 0 aliphatic rings. The Kier molecular flexibility index (Phi) is 4.77. The van der Waals surface area contributed by atoms with Crippen molar-refractivity contribution in [3.8, 4) is 0 Å². The normalized spacial score (nSPS) is 11.6. The first-order valence-electron chi connectivity index (χ1n) is 8.63. The van der Waals surface area contributed by atoms with Crippen LogP contribution in [-0.2, 0) is 19.6 Å². The summed E-state index contributed by atoms with van der Waals surface area (Å²) < 4.78 is 7.39. The predicted molar refractivity (Wildman–Crippen MR) is 99.8 cm³/mol. The smallest absolute Gasteiger partial charge is 0.336 e. The summed E-state index contributed by atoms with van der Waals surface area (Å²) in [5, 5.41) is 5.52. The highest BCUT2D eigenvalue weighted by atomic mass is 16.4. The van der Waals surface area contributed by atoms with E-state index in [9.17, 15) is 4.79 Å². The molecule has 0 fully saturated rings. The molecule has 0 atom stereocenters. The fourth-order valence-corrected chi connectivity index (χ4v) is 3.32. The maximum absolute atomic E-state index is 12.0. The van der Waals surface area contributed by atoms with E-state index in [1.165, 1.54) is 11.1 Å². The summed E-state index contributed by atoms with van der Waals surface area (Å²) in [6.45, 7) is 10.5. The summed E-state index contributed by atoms with van der Waals surface area (Å²) in [5.41, 5.74) is 5.83. The second kappa shape index (κ2) is 6.84. The van der Waals surface area contributed by atoms with Gasteiger partial charge in [0.1, 0.15) is 5.58 Å². The fraction of sp³-hybridized carbons (Fsp3) is 0.400. The van der Waals surface area contributed by atoms with Gasteiger partial charge in [-0.25, -0.2) is 4.79 Å². The Hall–Kier alpha value is -2.40. The molecule has 2 aromatic heterocycles. The van der Waals surface area contributed by atoms with Crippen LogP contribution < -0.4 is 5.63 Å². The van der Waals surface area contributed by atoms with Crippen molar-refractivity contribution in [2.45, 2.75) is 47.3 Å². The van der Waals surface area contributed by atoms with E-state index in [0.29, 0.717) is 12.1 Å². The molecule has 3 aromatic rings. The molecule has 0 radical (unpaired) electrons. The first-order valence-corrected chi connectivity index (χ1v) is 8.63. The van der Waals surface area contributed by atoms with Crippen molar-refractivity contribution in [2.24, 2.45) is 0 Å². The first-order chi connectivity index (χ1) is 11.9. The molecular weight excluding hydrogens is 314 g/mol. The van der Waals surface area contributed by atoms with Crippen LogP contribution in [-0.4, -0.2) is 21.7 Å². The summed E-state index contributed by atoms with van der Waals surface area (Å²) in [5.74, 6) is 0. The second-order valence-electron chi connectivity index (χ2n) is 6.82. The van der Waals surface area contributed by atoms with E-state index in [1.807, 2.05) is 24.6 Å². The summed E-state index contributed by atoms with van der Waals surface area (Å²) in [6, 6.07) is 5.75. The molecule has 0 saturated carbocycles. The van der Waals surface area contributed by atoms with Gasteiger partial charge in [-0.05, 0) is 57.5 Å². The van der Waals surface area contributed by atoms with Crippen LogP contribution in [0.1, 0.15) is 34.9 Å². The molecule has 0 spiro atoms. The minimum Gasteiger partial charge on any atom is -0.422 e. The van der Waals surface area contributed by atoms with Crippen LogP contribution in [0.5, 0.6) is 0 Å². The van der Waals surface area contributed by atoms with E-state index in [-0.39, 0.29) is 5.63 Å². The highest BCUT2D eigenvalue weighted by molar-refractivity contribution is 5.83. The van der Waals surface area contributed by atoms with Gasteiger partial charge in [0, 0.05) is 42.8 Å². The molecule has 0 aliphatic heterocycles. The lowest BCUT2D eigenvalue weighted by Crippen LogP contribution is -2.19. The predicted octanol–water partition coefficient (Wildman–Crippen LogP) is 3.57. The van der Waals surface area contributed by atoms with Gasteiger partial charge in [-0.15, -0.1) is 0 Å². The zero-order valence-corrected chi connectivity index (χ0v) is 15.6. The van der Waals surface area contributed by atoms with E-state index in [1.54, 1.807) is 6.07 Å². The number of fused-ring (bicyclic) bond motifs is 1. The number of aryl methyl sites for hydroxylation is 4. The van der Waals surface area contributed by atoms with Crippen LogP contribution in [0.4, 0.5) is 0 Å². The van der Waals surface area contributed by atoms with Crippen LogP contribution >= 0.6 is 0 Å². The third kappa shape index (κ3) is 3.66. The highest BCUT2D eigenvalue weighted by Gasteiger charge is 2.13. The van der Waals surface area contributed by atoms with Gasteiger partial charge in [-0.1, -0.05) is 6.07 Å².